The SMILES string of the molecule is CCN1CCN(c2ccc(CNC(=O)c3ccc4nc(C(F)F)[nH]c4c3)cn2)CC1. The van der Waals surface area contributed by atoms with Gasteiger partial charge in [-0.15, -0.1) is 0 Å². The van der Waals surface area contributed by atoms with E-state index in [4.69, 9.17) is 0 Å². The largest absolute Gasteiger partial charge is 0.354 e. The van der Waals surface area contributed by atoms with E-state index in [1.165, 1.54) is 6.07 Å². The number of aromatic amines is 1. The van der Waals surface area contributed by atoms with Gasteiger partial charge in [-0.05, 0) is 36.4 Å². The summed E-state index contributed by atoms with van der Waals surface area (Å²) in [6.07, 6.45) is -0.907. The van der Waals surface area contributed by atoms with E-state index in [9.17, 15) is 13.6 Å². The number of amides is 1. The van der Waals surface area contributed by atoms with Crippen LogP contribution in [-0.2, 0) is 6.54 Å². The standard InChI is InChI=1S/C21H24F2N6O/c1-2-28-7-9-29(10-8-28)18-6-3-14(12-24-18)13-25-21(30)15-4-5-16-17(11-15)27-20(26-16)19(22)23/h3-6,11-12,19H,2,7-10,13H2,1H3,(H,25,30)(H,26,27). The molecule has 1 aromatic carbocycles. The Morgan fingerprint density at radius 2 is 2.00 bits per heavy atom. The second-order valence-electron chi connectivity index (χ2n) is 7.28. The van der Waals surface area contributed by atoms with Crippen LogP contribution in [0.1, 0.15) is 35.1 Å². The molecule has 1 amide bonds. The summed E-state index contributed by atoms with van der Waals surface area (Å²) < 4.78 is 25.5. The number of likely N-dealkylation sites (N-methyl/N-ethyl adjacent to an activating group) is 1. The number of carbonyl (C=O) groups is 1. The van der Waals surface area contributed by atoms with E-state index in [0.29, 0.717) is 23.1 Å². The van der Waals surface area contributed by atoms with Crippen molar-refractivity contribution in [3.05, 3.63) is 53.5 Å². The van der Waals surface area contributed by atoms with Crippen LogP contribution >= 0.6 is 0 Å². The van der Waals surface area contributed by atoms with Crippen LogP contribution in [0.4, 0.5) is 14.6 Å². The first-order valence-corrected chi connectivity index (χ1v) is 10.0. The summed E-state index contributed by atoms with van der Waals surface area (Å²) in [6, 6.07) is 8.60. The number of H-pyrrole nitrogens is 1. The summed E-state index contributed by atoms with van der Waals surface area (Å²) in [6.45, 7) is 7.57. The summed E-state index contributed by atoms with van der Waals surface area (Å²) in [4.78, 5) is 28.0. The highest BCUT2D eigenvalue weighted by Gasteiger charge is 2.17. The number of nitrogens with one attached hydrogen (secondary N) is 2. The molecule has 2 N–H and O–H groups in total. The Kier molecular flexibility index (Phi) is 5.89. The van der Waals surface area contributed by atoms with E-state index in [2.05, 4.69) is 37.0 Å². The van der Waals surface area contributed by atoms with Crippen molar-refractivity contribution in [2.24, 2.45) is 0 Å². The molecule has 1 aliphatic heterocycles. The van der Waals surface area contributed by atoms with Gasteiger partial charge in [0.05, 0.1) is 11.0 Å². The molecule has 7 nitrogen and oxygen atoms in total. The third-order valence-electron chi connectivity index (χ3n) is 5.37. The Bertz CT molecular complexity index is 1010. The summed E-state index contributed by atoms with van der Waals surface area (Å²) in [5.74, 6) is 0.259. The zero-order chi connectivity index (χ0) is 21.1. The van der Waals surface area contributed by atoms with Crippen LogP contribution in [0.15, 0.2) is 36.5 Å². The number of piperazine rings is 1. The highest BCUT2D eigenvalue weighted by atomic mass is 19.3. The molecular formula is C21H24F2N6O. The maximum Gasteiger partial charge on any atom is 0.295 e. The van der Waals surface area contributed by atoms with Gasteiger partial charge < -0.3 is 20.1 Å². The molecular weight excluding hydrogens is 390 g/mol. The van der Waals surface area contributed by atoms with Gasteiger partial charge >= 0.3 is 0 Å². The predicted molar refractivity (Wildman–Crippen MR) is 111 cm³/mol. The molecule has 158 valence electrons. The lowest BCUT2D eigenvalue weighted by atomic mass is 10.2. The van der Waals surface area contributed by atoms with Crippen molar-refractivity contribution in [2.45, 2.75) is 19.9 Å². The Morgan fingerprint density at radius 1 is 1.20 bits per heavy atom. The second kappa shape index (κ2) is 8.74. The van der Waals surface area contributed by atoms with E-state index in [0.717, 1.165) is 44.1 Å². The summed E-state index contributed by atoms with van der Waals surface area (Å²) >= 11 is 0. The van der Waals surface area contributed by atoms with Crippen molar-refractivity contribution >= 4 is 22.8 Å². The normalized spacial score (nSPS) is 15.1. The maximum absolute atomic E-state index is 12.8. The fourth-order valence-corrected chi connectivity index (χ4v) is 3.56. The molecule has 0 unspecified atom stereocenters. The number of carbonyl (C=O) groups excluding carboxylic acids is 1. The van der Waals surface area contributed by atoms with Gasteiger partial charge in [0, 0.05) is 44.5 Å². The lowest BCUT2D eigenvalue weighted by Gasteiger charge is -2.34. The van der Waals surface area contributed by atoms with Crippen LogP contribution in [-0.4, -0.2) is 58.5 Å². The van der Waals surface area contributed by atoms with Gasteiger partial charge in [0.1, 0.15) is 5.82 Å². The molecule has 3 heterocycles. The minimum absolute atomic E-state index is 0.287. The minimum atomic E-state index is -2.68. The maximum atomic E-state index is 12.8. The second-order valence-corrected chi connectivity index (χ2v) is 7.28. The van der Waals surface area contributed by atoms with Crippen LogP contribution < -0.4 is 10.2 Å². The lowest BCUT2D eigenvalue weighted by molar-refractivity contribution is 0.0951. The van der Waals surface area contributed by atoms with Crippen molar-refractivity contribution in [1.29, 1.82) is 0 Å². The number of hydrogen-bond acceptors (Lipinski definition) is 5. The topological polar surface area (TPSA) is 77.1 Å². The number of pyridine rings is 1. The zero-order valence-corrected chi connectivity index (χ0v) is 16.7. The average Bonchev–Trinajstić information content (AvgIpc) is 3.22. The van der Waals surface area contributed by atoms with Gasteiger partial charge in [-0.25, -0.2) is 18.7 Å². The molecule has 1 aliphatic rings. The number of halogens is 2. The van der Waals surface area contributed by atoms with Gasteiger partial charge in [-0.2, -0.15) is 0 Å². The number of nitrogens with zero attached hydrogens (tertiary/aromatic N) is 4. The van der Waals surface area contributed by atoms with Crippen LogP contribution in [0.5, 0.6) is 0 Å². The number of benzene rings is 1. The average molecular weight is 414 g/mol. The van der Waals surface area contributed by atoms with E-state index in [1.54, 1.807) is 18.3 Å². The van der Waals surface area contributed by atoms with Crippen molar-refractivity contribution in [3.63, 3.8) is 0 Å². The van der Waals surface area contributed by atoms with E-state index >= 15 is 0 Å². The van der Waals surface area contributed by atoms with Gasteiger partial charge in [0.15, 0.2) is 5.82 Å². The van der Waals surface area contributed by atoms with Gasteiger partial charge in [0.2, 0.25) is 0 Å². The molecule has 1 saturated heterocycles. The van der Waals surface area contributed by atoms with Crippen molar-refractivity contribution in [2.75, 3.05) is 37.6 Å². The quantitative estimate of drug-likeness (QED) is 0.649. The highest BCUT2D eigenvalue weighted by Crippen LogP contribution is 2.21. The van der Waals surface area contributed by atoms with Crippen LogP contribution in [0.3, 0.4) is 0 Å². The predicted octanol–water partition coefficient (Wildman–Crippen LogP) is 2.97. The molecule has 4 rings (SSSR count). The Balaban J connectivity index is 1.35. The smallest absolute Gasteiger partial charge is 0.295 e. The number of alkyl halides is 2. The van der Waals surface area contributed by atoms with E-state index < -0.39 is 12.2 Å². The molecule has 1 fully saturated rings. The van der Waals surface area contributed by atoms with E-state index in [-0.39, 0.29) is 5.91 Å². The molecule has 0 spiro atoms. The molecule has 9 heteroatoms. The fourth-order valence-electron chi connectivity index (χ4n) is 3.56. The Hall–Kier alpha value is -3.07. The summed E-state index contributed by atoms with van der Waals surface area (Å²) in [5, 5.41) is 2.84. The number of rotatable bonds is 6. The van der Waals surface area contributed by atoms with Gasteiger partial charge in [-0.1, -0.05) is 13.0 Å². The zero-order valence-electron chi connectivity index (χ0n) is 16.7. The molecule has 0 atom stereocenters. The van der Waals surface area contributed by atoms with Crippen molar-refractivity contribution in [1.82, 2.24) is 25.2 Å². The number of fused-ring (bicyclic) bond motifs is 1. The van der Waals surface area contributed by atoms with E-state index in [1.807, 2.05) is 12.1 Å². The van der Waals surface area contributed by atoms with Gasteiger partial charge in [-0.3, -0.25) is 4.79 Å². The highest BCUT2D eigenvalue weighted by molar-refractivity contribution is 5.97. The summed E-state index contributed by atoms with van der Waals surface area (Å²) in [5.41, 5.74) is 2.08. The molecule has 0 radical (unpaired) electrons. The molecule has 0 aliphatic carbocycles. The van der Waals surface area contributed by atoms with Gasteiger partial charge in [0.25, 0.3) is 12.3 Å². The number of imidazole rings is 1. The molecule has 2 aromatic heterocycles. The molecule has 0 saturated carbocycles. The van der Waals surface area contributed by atoms with Crippen molar-refractivity contribution in [3.8, 4) is 0 Å². The lowest BCUT2D eigenvalue weighted by Crippen LogP contribution is -2.46. The first-order valence-electron chi connectivity index (χ1n) is 10.0. The van der Waals surface area contributed by atoms with Crippen LogP contribution in [0, 0.1) is 0 Å². The third-order valence-corrected chi connectivity index (χ3v) is 5.37. The monoisotopic (exact) mass is 414 g/mol. The molecule has 0 bridgehead atoms. The third kappa shape index (κ3) is 4.40. The molecule has 30 heavy (non-hydrogen) atoms. The van der Waals surface area contributed by atoms with Crippen LogP contribution in [0.25, 0.3) is 11.0 Å². The summed E-state index contributed by atoms with van der Waals surface area (Å²) in [7, 11) is 0. The first-order chi connectivity index (χ1) is 14.5. The fraction of sp³-hybridized carbons (Fsp3) is 0.381. The Morgan fingerprint density at radius 3 is 2.67 bits per heavy atom. The number of hydrogen-bond donors (Lipinski definition) is 2. The van der Waals surface area contributed by atoms with Crippen LogP contribution in [0.2, 0.25) is 0 Å². The number of anilines is 1. The van der Waals surface area contributed by atoms with Crippen molar-refractivity contribution < 1.29 is 13.6 Å². The minimum Gasteiger partial charge on any atom is -0.354 e. The Labute approximate surface area is 173 Å². The molecule has 3 aromatic rings. The number of aromatic nitrogens is 3. The first kappa shape index (κ1) is 20.2.